The second kappa shape index (κ2) is 5.86. The molecule has 0 aliphatic carbocycles. The lowest BCUT2D eigenvalue weighted by Gasteiger charge is -2.17. The number of benzene rings is 1. The Bertz CT molecular complexity index is 335. The smallest absolute Gasteiger partial charge is 0.0615 e. The molecular formula is C15H22O. The van der Waals surface area contributed by atoms with E-state index < -0.39 is 0 Å². The first kappa shape index (κ1) is 13.0. The average molecular weight is 218 g/mol. The van der Waals surface area contributed by atoms with E-state index in [2.05, 4.69) is 45.9 Å². The lowest BCUT2D eigenvalue weighted by Crippen LogP contribution is -1.99. The monoisotopic (exact) mass is 218 g/mol. The van der Waals surface area contributed by atoms with Crippen LogP contribution in [-0.2, 0) is 0 Å². The summed E-state index contributed by atoms with van der Waals surface area (Å²) in [6.45, 7) is 8.92. The number of hydrogen-bond donors (Lipinski definition) is 1. The first-order valence-electron chi connectivity index (χ1n) is 5.98. The highest BCUT2D eigenvalue weighted by molar-refractivity contribution is 5.59. The molecular weight excluding hydrogens is 196 g/mol. The van der Waals surface area contributed by atoms with Gasteiger partial charge in [-0.15, -0.1) is 0 Å². The van der Waals surface area contributed by atoms with E-state index in [0.717, 1.165) is 0 Å². The van der Waals surface area contributed by atoms with E-state index in [4.69, 9.17) is 5.11 Å². The van der Waals surface area contributed by atoms with Crippen molar-refractivity contribution in [3.63, 3.8) is 0 Å². The molecule has 1 nitrogen and oxygen atoms in total. The molecule has 0 fully saturated rings. The van der Waals surface area contributed by atoms with Gasteiger partial charge < -0.3 is 5.11 Å². The molecule has 0 amide bonds. The lowest BCUT2D eigenvalue weighted by atomic mass is 9.88. The molecule has 1 rings (SSSR count). The largest absolute Gasteiger partial charge is 0.392 e. The third kappa shape index (κ3) is 2.96. The van der Waals surface area contributed by atoms with E-state index in [0.29, 0.717) is 11.8 Å². The van der Waals surface area contributed by atoms with Crippen LogP contribution in [-0.4, -0.2) is 11.7 Å². The van der Waals surface area contributed by atoms with Gasteiger partial charge in [0.25, 0.3) is 0 Å². The highest BCUT2D eigenvalue weighted by Gasteiger charge is 2.10. The van der Waals surface area contributed by atoms with Gasteiger partial charge in [0.05, 0.1) is 6.61 Å². The van der Waals surface area contributed by atoms with Crippen molar-refractivity contribution in [3.05, 3.63) is 41.0 Å². The van der Waals surface area contributed by atoms with Gasteiger partial charge in [-0.25, -0.2) is 0 Å². The Morgan fingerprint density at radius 1 is 1.06 bits per heavy atom. The molecule has 0 saturated heterocycles. The third-order valence-electron chi connectivity index (χ3n) is 2.81. The molecule has 1 N–H and O–H groups in total. The van der Waals surface area contributed by atoms with Crippen molar-refractivity contribution >= 4 is 6.08 Å². The fourth-order valence-corrected chi connectivity index (χ4v) is 1.97. The van der Waals surface area contributed by atoms with Crippen LogP contribution in [0.5, 0.6) is 0 Å². The minimum atomic E-state index is 0.101. The van der Waals surface area contributed by atoms with Gasteiger partial charge >= 0.3 is 0 Å². The van der Waals surface area contributed by atoms with Crippen LogP contribution in [0.25, 0.3) is 6.08 Å². The molecule has 0 heterocycles. The van der Waals surface area contributed by atoms with Crippen LogP contribution >= 0.6 is 0 Å². The highest BCUT2D eigenvalue weighted by Crippen LogP contribution is 2.28. The van der Waals surface area contributed by atoms with Crippen molar-refractivity contribution < 1.29 is 5.11 Å². The van der Waals surface area contributed by atoms with Gasteiger partial charge in [0.1, 0.15) is 0 Å². The van der Waals surface area contributed by atoms with Gasteiger partial charge in [0.2, 0.25) is 0 Å². The summed E-state index contributed by atoms with van der Waals surface area (Å²) in [4.78, 5) is 0. The number of hydrogen-bond acceptors (Lipinski definition) is 1. The van der Waals surface area contributed by atoms with Crippen LogP contribution in [0.1, 0.15) is 56.2 Å². The maximum absolute atomic E-state index is 8.90. The predicted octanol–water partition coefficient (Wildman–Crippen LogP) is 3.94. The van der Waals surface area contributed by atoms with Crippen LogP contribution < -0.4 is 0 Å². The molecule has 0 radical (unpaired) electrons. The van der Waals surface area contributed by atoms with Gasteiger partial charge in [0.15, 0.2) is 0 Å². The standard InChI is InChI=1S/C15H22O/c1-11(2)13-7-5-8-14(12(3)4)15(13)9-6-10-16/h5-9,11-12,16H,10H2,1-4H3. The van der Waals surface area contributed by atoms with Crippen LogP contribution in [0.4, 0.5) is 0 Å². The Morgan fingerprint density at radius 2 is 1.56 bits per heavy atom. The minimum absolute atomic E-state index is 0.101. The van der Waals surface area contributed by atoms with Crippen LogP contribution in [0.15, 0.2) is 24.3 Å². The van der Waals surface area contributed by atoms with E-state index in [9.17, 15) is 0 Å². The van der Waals surface area contributed by atoms with E-state index >= 15 is 0 Å². The van der Waals surface area contributed by atoms with E-state index in [1.54, 1.807) is 0 Å². The molecule has 0 atom stereocenters. The summed E-state index contributed by atoms with van der Waals surface area (Å²) >= 11 is 0. The quantitative estimate of drug-likeness (QED) is 0.811. The molecule has 1 aromatic rings. The van der Waals surface area contributed by atoms with Crippen molar-refractivity contribution in [2.24, 2.45) is 0 Å². The minimum Gasteiger partial charge on any atom is -0.392 e. The van der Waals surface area contributed by atoms with E-state index in [1.807, 2.05) is 12.2 Å². The predicted molar refractivity (Wildman–Crippen MR) is 70.7 cm³/mol. The maximum Gasteiger partial charge on any atom is 0.0615 e. The zero-order valence-electron chi connectivity index (χ0n) is 10.7. The topological polar surface area (TPSA) is 20.2 Å². The molecule has 0 aliphatic rings. The molecule has 1 aromatic carbocycles. The fourth-order valence-electron chi connectivity index (χ4n) is 1.97. The van der Waals surface area contributed by atoms with Crippen LogP contribution in [0.2, 0.25) is 0 Å². The summed E-state index contributed by atoms with van der Waals surface area (Å²) in [6, 6.07) is 6.47. The summed E-state index contributed by atoms with van der Waals surface area (Å²) in [5.74, 6) is 1.02. The van der Waals surface area contributed by atoms with Gasteiger partial charge in [-0.3, -0.25) is 0 Å². The fraction of sp³-hybridized carbons (Fsp3) is 0.467. The molecule has 1 heteroatoms. The molecule has 16 heavy (non-hydrogen) atoms. The Morgan fingerprint density at radius 3 is 1.94 bits per heavy atom. The van der Waals surface area contributed by atoms with Crippen molar-refractivity contribution in [1.29, 1.82) is 0 Å². The molecule has 0 aromatic heterocycles. The Hall–Kier alpha value is -1.08. The van der Waals surface area contributed by atoms with Gasteiger partial charge in [0, 0.05) is 0 Å². The second-order valence-electron chi connectivity index (χ2n) is 4.74. The molecule has 0 spiro atoms. The van der Waals surface area contributed by atoms with Crippen LogP contribution in [0.3, 0.4) is 0 Å². The number of aliphatic hydroxyl groups excluding tert-OH is 1. The molecule has 0 aliphatic heterocycles. The van der Waals surface area contributed by atoms with Gasteiger partial charge in [-0.2, -0.15) is 0 Å². The van der Waals surface area contributed by atoms with Crippen molar-refractivity contribution in [2.75, 3.05) is 6.61 Å². The van der Waals surface area contributed by atoms with E-state index in [1.165, 1.54) is 16.7 Å². The maximum atomic E-state index is 8.90. The third-order valence-corrected chi connectivity index (χ3v) is 2.81. The summed E-state index contributed by atoms with van der Waals surface area (Å²) in [6.07, 6.45) is 3.86. The van der Waals surface area contributed by atoms with Crippen LogP contribution in [0, 0.1) is 0 Å². The van der Waals surface area contributed by atoms with Crippen molar-refractivity contribution in [2.45, 2.75) is 39.5 Å². The first-order chi connectivity index (χ1) is 7.57. The zero-order valence-corrected chi connectivity index (χ0v) is 10.7. The number of aliphatic hydroxyl groups is 1. The second-order valence-corrected chi connectivity index (χ2v) is 4.74. The average Bonchev–Trinajstić information content (AvgIpc) is 2.25. The summed E-state index contributed by atoms with van der Waals surface area (Å²) in [5.41, 5.74) is 3.99. The van der Waals surface area contributed by atoms with Crippen molar-refractivity contribution in [3.8, 4) is 0 Å². The molecule has 88 valence electrons. The Balaban J connectivity index is 3.29. The zero-order chi connectivity index (χ0) is 12.1. The molecule has 0 bridgehead atoms. The number of rotatable bonds is 4. The molecule has 0 unspecified atom stereocenters. The first-order valence-corrected chi connectivity index (χ1v) is 5.98. The summed E-state index contributed by atoms with van der Waals surface area (Å²) < 4.78 is 0. The van der Waals surface area contributed by atoms with Gasteiger partial charge in [-0.05, 0) is 28.5 Å². The Kier molecular flexibility index (Phi) is 4.75. The lowest BCUT2D eigenvalue weighted by molar-refractivity contribution is 0.343. The SMILES string of the molecule is CC(C)c1cccc(C(C)C)c1C=CCO. The highest BCUT2D eigenvalue weighted by atomic mass is 16.2. The summed E-state index contributed by atoms with van der Waals surface area (Å²) in [5, 5.41) is 8.90. The van der Waals surface area contributed by atoms with Crippen molar-refractivity contribution in [1.82, 2.24) is 0 Å². The van der Waals surface area contributed by atoms with Gasteiger partial charge in [-0.1, -0.05) is 58.0 Å². The summed E-state index contributed by atoms with van der Waals surface area (Å²) in [7, 11) is 0. The normalized spacial score (nSPS) is 11.9. The van der Waals surface area contributed by atoms with E-state index in [-0.39, 0.29) is 6.61 Å². The Labute approximate surface area is 98.8 Å². The molecule has 0 saturated carbocycles.